The van der Waals surface area contributed by atoms with Crippen LogP contribution in [0.1, 0.15) is 10.6 Å². The highest BCUT2D eigenvalue weighted by Crippen LogP contribution is 2.32. The summed E-state index contributed by atoms with van der Waals surface area (Å²) in [4.78, 5) is 11.6. The average Bonchev–Trinajstić information content (AvgIpc) is 2.94. The Morgan fingerprint density at radius 3 is 2.73 bits per heavy atom. The maximum absolute atomic E-state index is 12.3. The molecule has 0 aliphatic carbocycles. The van der Waals surface area contributed by atoms with Gasteiger partial charge in [-0.05, 0) is 12.1 Å². The fourth-order valence-corrected chi connectivity index (χ4v) is 2.00. The van der Waals surface area contributed by atoms with Crippen LogP contribution in [0.5, 0.6) is 5.75 Å². The van der Waals surface area contributed by atoms with E-state index in [1.165, 1.54) is 12.1 Å². The van der Waals surface area contributed by atoms with Gasteiger partial charge in [-0.3, -0.25) is 10.1 Å². The number of nitrogens with one attached hydrogen (secondary N) is 1. The first-order valence-electron chi connectivity index (χ1n) is 5.72. The third kappa shape index (κ3) is 3.92. The highest BCUT2D eigenvalue weighted by Gasteiger charge is 2.35. The second-order valence-electron chi connectivity index (χ2n) is 3.85. The molecule has 1 amide bonds. The van der Waals surface area contributed by atoms with Crippen molar-refractivity contribution in [2.75, 3.05) is 11.9 Å². The van der Waals surface area contributed by atoms with Gasteiger partial charge >= 0.3 is 6.18 Å². The number of nitrogens with zero attached hydrogens (tertiary/aromatic N) is 3. The zero-order valence-corrected chi connectivity index (χ0v) is 11.5. The fraction of sp³-hybridized carbons (Fsp3) is 0.167. The van der Waals surface area contributed by atoms with Crippen molar-refractivity contribution >= 4 is 22.4 Å². The standard InChI is InChI=1S/C12H7F3N4O2S/c13-12(14,15)10-18-19-11(22-10)17-9(20)6-21-8-4-2-1-3-7(8)5-16/h1-4H,6H2,(H,17,19,20). The molecule has 0 radical (unpaired) electrons. The third-order valence-electron chi connectivity index (χ3n) is 2.28. The molecular weight excluding hydrogens is 321 g/mol. The van der Waals surface area contributed by atoms with Crippen LogP contribution < -0.4 is 10.1 Å². The van der Waals surface area contributed by atoms with E-state index in [0.717, 1.165) is 0 Å². The van der Waals surface area contributed by atoms with E-state index in [1.807, 2.05) is 6.07 Å². The van der Waals surface area contributed by atoms with Crippen molar-refractivity contribution < 1.29 is 22.7 Å². The van der Waals surface area contributed by atoms with Crippen molar-refractivity contribution in [3.05, 3.63) is 34.8 Å². The minimum atomic E-state index is -4.61. The molecule has 0 saturated carbocycles. The smallest absolute Gasteiger partial charge is 0.445 e. The van der Waals surface area contributed by atoms with Crippen molar-refractivity contribution in [2.24, 2.45) is 0 Å². The summed E-state index contributed by atoms with van der Waals surface area (Å²) in [6.45, 7) is -0.473. The van der Waals surface area contributed by atoms with E-state index >= 15 is 0 Å². The van der Waals surface area contributed by atoms with Gasteiger partial charge in [-0.1, -0.05) is 23.5 Å². The number of hydrogen-bond acceptors (Lipinski definition) is 6. The third-order valence-corrected chi connectivity index (χ3v) is 3.16. The van der Waals surface area contributed by atoms with Crippen molar-refractivity contribution in [1.82, 2.24) is 10.2 Å². The molecule has 0 atom stereocenters. The lowest BCUT2D eigenvalue weighted by Gasteiger charge is -2.06. The lowest BCUT2D eigenvalue weighted by Crippen LogP contribution is -2.20. The van der Waals surface area contributed by atoms with Gasteiger partial charge in [0.05, 0.1) is 5.56 Å². The quantitative estimate of drug-likeness (QED) is 0.931. The van der Waals surface area contributed by atoms with E-state index in [9.17, 15) is 18.0 Å². The van der Waals surface area contributed by atoms with E-state index in [0.29, 0.717) is 0 Å². The number of ether oxygens (including phenoxy) is 1. The van der Waals surface area contributed by atoms with Crippen LogP contribution in [0.3, 0.4) is 0 Å². The van der Waals surface area contributed by atoms with Gasteiger partial charge < -0.3 is 4.74 Å². The van der Waals surface area contributed by atoms with Crippen molar-refractivity contribution in [3.63, 3.8) is 0 Å². The molecule has 10 heteroatoms. The number of benzene rings is 1. The Hall–Kier alpha value is -2.67. The summed E-state index contributed by atoms with van der Waals surface area (Å²) >= 11 is 0.210. The largest absolute Gasteiger partial charge is 0.482 e. The second kappa shape index (κ2) is 6.40. The maximum atomic E-state index is 12.3. The van der Waals surface area contributed by atoms with Crippen LogP contribution in [-0.4, -0.2) is 22.7 Å². The molecule has 1 aromatic carbocycles. The first kappa shape index (κ1) is 15.7. The lowest BCUT2D eigenvalue weighted by molar-refractivity contribution is -0.138. The Bertz CT molecular complexity index is 724. The normalized spacial score (nSPS) is 10.8. The molecule has 0 bridgehead atoms. The molecule has 1 N–H and O–H groups in total. The predicted molar refractivity (Wildman–Crippen MR) is 70.2 cm³/mol. The number of amides is 1. The number of rotatable bonds is 4. The molecule has 22 heavy (non-hydrogen) atoms. The SMILES string of the molecule is N#Cc1ccccc1OCC(=O)Nc1nnc(C(F)(F)F)s1. The highest BCUT2D eigenvalue weighted by molar-refractivity contribution is 7.15. The molecule has 1 heterocycles. The Morgan fingerprint density at radius 1 is 1.36 bits per heavy atom. The summed E-state index contributed by atoms with van der Waals surface area (Å²) in [5, 5.41) is 15.7. The van der Waals surface area contributed by atoms with E-state index in [4.69, 9.17) is 10.00 Å². The molecule has 0 saturated heterocycles. The van der Waals surface area contributed by atoms with Gasteiger partial charge in [0.25, 0.3) is 5.91 Å². The first-order valence-corrected chi connectivity index (χ1v) is 6.54. The summed E-state index contributed by atoms with van der Waals surface area (Å²) in [5.41, 5.74) is 0.241. The molecular formula is C12H7F3N4O2S. The number of para-hydroxylation sites is 1. The van der Waals surface area contributed by atoms with Crippen LogP contribution in [0.4, 0.5) is 18.3 Å². The van der Waals surface area contributed by atoms with E-state index in [2.05, 4.69) is 15.5 Å². The van der Waals surface area contributed by atoms with Crippen molar-refractivity contribution in [1.29, 1.82) is 5.26 Å². The summed E-state index contributed by atoms with van der Waals surface area (Å²) < 4.78 is 42.1. The maximum Gasteiger partial charge on any atom is 0.445 e. The van der Waals surface area contributed by atoms with Crippen LogP contribution in [0, 0.1) is 11.3 Å². The van der Waals surface area contributed by atoms with Gasteiger partial charge in [-0.15, -0.1) is 10.2 Å². The van der Waals surface area contributed by atoms with E-state index in [-0.39, 0.29) is 27.8 Å². The van der Waals surface area contributed by atoms with Gasteiger partial charge in [0.2, 0.25) is 10.1 Å². The van der Waals surface area contributed by atoms with Crippen LogP contribution in [0.25, 0.3) is 0 Å². The van der Waals surface area contributed by atoms with Gasteiger partial charge in [0.1, 0.15) is 11.8 Å². The number of carbonyl (C=O) groups is 1. The summed E-state index contributed by atoms with van der Waals surface area (Å²) in [7, 11) is 0. The minimum Gasteiger partial charge on any atom is -0.482 e. The number of anilines is 1. The van der Waals surface area contributed by atoms with Crippen LogP contribution in [0.15, 0.2) is 24.3 Å². The van der Waals surface area contributed by atoms with Crippen LogP contribution >= 0.6 is 11.3 Å². The van der Waals surface area contributed by atoms with Crippen LogP contribution in [0.2, 0.25) is 0 Å². The predicted octanol–water partition coefficient (Wildman–Crippen LogP) is 2.45. The van der Waals surface area contributed by atoms with E-state index < -0.39 is 23.7 Å². The molecule has 6 nitrogen and oxygen atoms in total. The van der Waals surface area contributed by atoms with Gasteiger partial charge in [-0.25, -0.2) is 0 Å². The Labute approximate surface area is 126 Å². The number of aromatic nitrogens is 2. The number of alkyl halides is 3. The monoisotopic (exact) mass is 328 g/mol. The zero-order chi connectivity index (χ0) is 16.2. The molecule has 2 rings (SSSR count). The number of carbonyl (C=O) groups excluding carboxylic acids is 1. The Morgan fingerprint density at radius 2 is 2.09 bits per heavy atom. The number of nitriles is 1. The van der Waals surface area contributed by atoms with Crippen molar-refractivity contribution in [2.45, 2.75) is 6.18 Å². The lowest BCUT2D eigenvalue weighted by atomic mass is 10.2. The Balaban J connectivity index is 1.94. The molecule has 0 fully saturated rings. The summed E-state index contributed by atoms with van der Waals surface area (Å²) in [6, 6.07) is 8.14. The minimum absolute atomic E-state index is 0.202. The van der Waals surface area contributed by atoms with E-state index in [1.54, 1.807) is 12.1 Å². The highest BCUT2D eigenvalue weighted by atomic mass is 32.1. The van der Waals surface area contributed by atoms with Crippen LogP contribution in [-0.2, 0) is 11.0 Å². The molecule has 0 unspecified atom stereocenters. The molecule has 0 aliphatic heterocycles. The summed E-state index contributed by atoms with van der Waals surface area (Å²) in [6.07, 6.45) is -4.61. The topological polar surface area (TPSA) is 87.9 Å². The summed E-state index contributed by atoms with van der Waals surface area (Å²) in [5.74, 6) is -0.508. The van der Waals surface area contributed by atoms with Crippen molar-refractivity contribution in [3.8, 4) is 11.8 Å². The molecule has 2 aromatic rings. The van der Waals surface area contributed by atoms with Gasteiger partial charge in [-0.2, -0.15) is 18.4 Å². The van der Waals surface area contributed by atoms with Gasteiger partial charge in [0.15, 0.2) is 6.61 Å². The zero-order valence-electron chi connectivity index (χ0n) is 10.7. The average molecular weight is 328 g/mol. The first-order chi connectivity index (χ1) is 10.4. The molecule has 0 aliphatic rings. The van der Waals surface area contributed by atoms with Gasteiger partial charge in [0, 0.05) is 0 Å². The second-order valence-corrected chi connectivity index (χ2v) is 4.83. The number of hydrogen-bond donors (Lipinski definition) is 1. The molecule has 0 spiro atoms. The fourth-order valence-electron chi connectivity index (χ4n) is 1.37. The molecule has 1 aromatic heterocycles. The Kier molecular flexibility index (Phi) is 4.57. The molecule has 114 valence electrons. The number of halogens is 3.